The highest BCUT2D eigenvalue weighted by Crippen LogP contribution is 2.22. The second-order valence-electron chi connectivity index (χ2n) is 5.98. The standard InChI is InChI=1S/C18H21ClN2O3/c19-14-6-4-13(5-7-14)17-11-15(21-24-17)8-9-20-18(22)12-16-3-1-2-10-23-16/h4-7,11,16H,1-3,8-10,12H2,(H,20,22). The Hall–Kier alpha value is -1.85. The van der Waals surface area contributed by atoms with Crippen molar-refractivity contribution in [2.24, 2.45) is 0 Å². The second-order valence-corrected chi connectivity index (χ2v) is 6.42. The molecule has 0 spiro atoms. The Morgan fingerprint density at radius 2 is 2.12 bits per heavy atom. The fraction of sp³-hybridized carbons (Fsp3) is 0.444. The van der Waals surface area contributed by atoms with E-state index in [1.807, 2.05) is 30.3 Å². The number of carbonyl (C=O) groups is 1. The van der Waals surface area contributed by atoms with Crippen molar-refractivity contribution in [3.05, 3.63) is 41.0 Å². The van der Waals surface area contributed by atoms with Gasteiger partial charge in [0.15, 0.2) is 5.76 Å². The summed E-state index contributed by atoms with van der Waals surface area (Å²) in [6.07, 6.45) is 4.36. The van der Waals surface area contributed by atoms with Crippen LogP contribution in [0.4, 0.5) is 0 Å². The zero-order chi connectivity index (χ0) is 16.8. The summed E-state index contributed by atoms with van der Waals surface area (Å²) in [6, 6.07) is 9.29. The molecule has 5 nitrogen and oxygen atoms in total. The van der Waals surface area contributed by atoms with E-state index in [9.17, 15) is 4.79 Å². The summed E-state index contributed by atoms with van der Waals surface area (Å²) in [4.78, 5) is 11.9. The van der Waals surface area contributed by atoms with Crippen LogP contribution < -0.4 is 5.32 Å². The Labute approximate surface area is 146 Å². The molecule has 3 rings (SSSR count). The Morgan fingerprint density at radius 3 is 2.88 bits per heavy atom. The number of nitrogens with zero attached hydrogens (tertiary/aromatic N) is 1. The van der Waals surface area contributed by atoms with Crippen molar-refractivity contribution in [3.63, 3.8) is 0 Å². The minimum atomic E-state index is 0.0309. The number of amides is 1. The monoisotopic (exact) mass is 348 g/mol. The van der Waals surface area contributed by atoms with Crippen LogP contribution in [0.5, 0.6) is 0 Å². The largest absolute Gasteiger partial charge is 0.378 e. The van der Waals surface area contributed by atoms with Crippen molar-refractivity contribution in [2.75, 3.05) is 13.2 Å². The molecule has 0 saturated carbocycles. The van der Waals surface area contributed by atoms with Crippen LogP contribution in [0.15, 0.2) is 34.9 Å². The smallest absolute Gasteiger partial charge is 0.222 e. The lowest BCUT2D eigenvalue weighted by Gasteiger charge is -2.21. The van der Waals surface area contributed by atoms with Gasteiger partial charge >= 0.3 is 0 Å². The molecule has 1 aliphatic rings. The molecule has 2 aromatic rings. The average molecular weight is 349 g/mol. The number of rotatable bonds is 6. The molecular weight excluding hydrogens is 328 g/mol. The van der Waals surface area contributed by atoms with Gasteiger partial charge in [-0.1, -0.05) is 16.8 Å². The molecule has 1 aromatic carbocycles. The number of halogens is 1. The number of benzene rings is 1. The zero-order valence-electron chi connectivity index (χ0n) is 13.5. The molecule has 1 N–H and O–H groups in total. The molecule has 128 valence electrons. The van der Waals surface area contributed by atoms with Crippen LogP contribution >= 0.6 is 11.6 Å². The third kappa shape index (κ3) is 4.82. The van der Waals surface area contributed by atoms with Crippen LogP contribution in [-0.2, 0) is 16.0 Å². The maximum Gasteiger partial charge on any atom is 0.222 e. The van der Waals surface area contributed by atoms with Gasteiger partial charge in [0.1, 0.15) is 0 Å². The minimum absolute atomic E-state index is 0.0309. The molecule has 0 bridgehead atoms. The van der Waals surface area contributed by atoms with Crippen LogP contribution in [0.25, 0.3) is 11.3 Å². The predicted molar refractivity (Wildman–Crippen MR) is 91.9 cm³/mol. The summed E-state index contributed by atoms with van der Waals surface area (Å²) in [5, 5.41) is 7.64. The van der Waals surface area contributed by atoms with E-state index in [1.165, 1.54) is 0 Å². The van der Waals surface area contributed by atoms with Gasteiger partial charge in [-0.05, 0) is 43.5 Å². The highest BCUT2D eigenvalue weighted by atomic mass is 35.5. The fourth-order valence-corrected chi connectivity index (χ4v) is 2.88. The molecule has 24 heavy (non-hydrogen) atoms. The molecule has 1 aliphatic heterocycles. The van der Waals surface area contributed by atoms with Crippen LogP contribution in [0.1, 0.15) is 31.4 Å². The first kappa shape index (κ1) is 17.0. The van der Waals surface area contributed by atoms with Crippen molar-refractivity contribution < 1.29 is 14.1 Å². The van der Waals surface area contributed by atoms with Crippen molar-refractivity contribution >= 4 is 17.5 Å². The molecule has 0 radical (unpaired) electrons. The molecule has 2 heterocycles. The van der Waals surface area contributed by atoms with Crippen LogP contribution in [0.2, 0.25) is 5.02 Å². The van der Waals surface area contributed by atoms with Gasteiger partial charge < -0.3 is 14.6 Å². The van der Waals surface area contributed by atoms with Crippen LogP contribution in [0.3, 0.4) is 0 Å². The first-order valence-electron chi connectivity index (χ1n) is 8.30. The minimum Gasteiger partial charge on any atom is -0.378 e. The highest BCUT2D eigenvalue weighted by molar-refractivity contribution is 6.30. The Balaban J connectivity index is 1.43. The predicted octanol–water partition coefficient (Wildman–Crippen LogP) is 3.61. The van der Waals surface area contributed by atoms with Gasteiger partial charge in [-0.25, -0.2) is 0 Å². The first-order valence-corrected chi connectivity index (χ1v) is 8.68. The molecule has 1 fully saturated rings. The Kier molecular flexibility index (Phi) is 5.88. The van der Waals surface area contributed by atoms with Crippen molar-refractivity contribution in [1.82, 2.24) is 10.5 Å². The zero-order valence-corrected chi connectivity index (χ0v) is 14.2. The van der Waals surface area contributed by atoms with Crippen molar-refractivity contribution in [2.45, 2.75) is 38.2 Å². The van der Waals surface area contributed by atoms with E-state index >= 15 is 0 Å². The number of carbonyl (C=O) groups excluding carboxylic acids is 1. The summed E-state index contributed by atoms with van der Waals surface area (Å²) in [5.41, 5.74) is 1.74. The maximum absolute atomic E-state index is 11.9. The molecule has 1 amide bonds. The topological polar surface area (TPSA) is 64.4 Å². The average Bonchev–Trinajstić information content (AvgIpc) is 3.05. The van der Waals surface area contributed by atoms with Gasteiger partial charge in [0.25, 0.3) is 0 Å². The quantitative estimate of drug-likeness (QED) is 0.866. The first-order chi connectivity index (χ1) is 11.7. The molecule has 1 saturated heterocycles. The Morgan fingerprint density at radius 1 is 1.29 bits per heavy atom. The van der Waals surface area contributed by atoms with Crippen LogP contribution in [0, 0.1) is 0 Å². The van der Waals surface area contributed by atoms with E-state index in [0.29, 0.717) is 30.2 Å². The number of nitrogens with one attached hydrogen (secondary N) is 1. The van der Waals surface area contributed by atoms with Gasteiger partial charge in [-0.15, -0.1) is 0 Å². The fourth-order valence-electron chi connectivity index (χ4n) is 2.76. The third-order valence-corrected chi connectivity index (χ3v) is 4.33. The SMILES string of the molecule is O=C(CC1CCCCO1)NCCc1cc(-c2ccc(Cl)cc2)on1. The summed E-state index contributed by atoms with van der Waals surface area (Å²) < 4.78 is 10.9. The van der Waals surface area contributed by atoms with Gasteiger partial charge in [-0.2, -0.15) is 0 Å². The van der Waals surface area contributed by atoms with Gasteiger partial charge in [-0.3, -0.25) is 4.79 Å². The lowest BCUT2D eigenvalue weighted by molar-refractivity contribution is -0.124. The lowest BCUT2D eigenvalue weighted by Crippen LogP contribution is -2.31. The second kappa shape index (κ2) is 8.31. The number of ether oxygens (including phenoxy) is 1. The number of hydrogen-bond donors (Lipinski definition) is 1. The molecule has 6 heteroatoms. The van der Waals surface area contributed by atoms with Gasteiger partial charge in [0, 0.05) is 36.2 Å². The van der Waals surface area contributed by atoms with E-state index in [1.54, 1.807) is 0 Å². The lowest BCUT2D eigenvalue weighted by atomic mass is 10.1. The van der Waals surface area contributed by atoms with Crippen molar-refractivity contribution in [3.8, 4) is 11.3 Å². The number of aromatic nitrogens is 1. The van der Waals surface area contributed by atoms with Crippen molar-refractivity contribution in [1.29, 1.82) is 0 Å². The summed E-state index contributed by atoms with van der Waals surface area (Å²) in [6.45, 7) is 1.31. The summed E-state index contributed by atoms with van der Waals surface area (Å²) >= 11 is 5.88. The Bertz CT molecular complexity index is 663. The summed E-state index contributed by atoms with van der Waals surface area (Å²) in [5.74, 6) is 0.729. The molecule has 1 aromatic heterocycles. The highest BCUT2D eigenvalue weighted by Gasteiger charge is 2.17. The van der Waals surface area contributed by atoms with E-state index in [2.05, 4.69) is 10.5 Å². The maximum atomic E-state index is 11.9. The van der Waals surface area contributed by atoms with Gasteiger partial charge in [0.2, 0.25) is 5.91 Å². The van der Waals surface area contributed by atoms with E-state index < -0.39 is 0 Å². The van der Waals surface area contributed by atoms with Crippen LogP contribution in [-0.4, -0.2) is 30.3 Å². The van der Waals surface area contributed by atoms with E-state index in [0.717, 1.165) is 37.1 Å². The normalized spacial score (nSPS) is 17.6. The molecule has 1 atom stereocenters. The van der Waals surface area contributed by atoms with Gasteiger partial charge in [0.05, 0.1) is 18.2 Å². The molecular formula is C18H21ClN2O3. The molecule has 1 unspecified atom stereocenters. The number of hydrogen-bond acceptors (Lipinski definition) is 4. The van der Waals surface area contributed by atoms with E-state index in [4.69, 9.17) is 20.9 Å². The summed E-state index contributed by atoms with van der Waals surface area (Å²) in [7, 11) is 0. The molecule has 0 aliphatic carbocycles. The van der Waals surface area contributed by atoms with E-state index in [-0.39, 0.29) is 12.0 Å². The third-order valence-electron chi connectivity index (χ3n) is 4.08.